The molecule has 0 atom stereocenters. The van der Waals surface area contributed by atoms with Crippen LogP contribution in [-0.2, 0) is 4.74 Å². The lowest BCUT2D eigenvalue weighted by molar-refractivity contribution is 0.0601. The Morgan fingerprint density at radius 1 is 1.47 bits per heavy atom. The van der Waals surface area contributed by atoms with Gasteiger partial charge in [0.1, 0.15) is 0 Å². The molecule has 0 saturated carbocycles. The molecule has 0 amide bonds. The maximum Gasteiger partial charge on any atom is 0.337 e. The second kappa shape index (κ2) is 3.81. The van der Waals surface area contributed by atoms with Crippen LogP contribution >= 0.6 is 0 Å². The number of benzene rings is 1. The quantitative estimate of drug-likeness (QED) is 0.584. The number of rotatable bonds is 2. The van der Waals surface area contributed by atoms with Crippen LogP contribution in [0.5, 0.6) is 0 Å². The lowest BCUT2D eigenvalue weighted by Crippen LogP contribution is -2.37. The van der Waals surface area contributed by atoms with Crippen molar-refractivity contribution < 1.29 is 9.53 Å². The molecular weight excluding hydrogens is 192 g/mol. The smallest absolute Gasteiger partial charge is 0.337 e. The number of carbonyl (C=O) groups is 1. The zero-order valence-electron chi connectivity index (χ0n) is 8.69. The predicted octanol–water partition coefficient (Wildman–Crippen LogP) is 1.27. The Kier molecular flexibility index (Phi) is 2.49. The van der Waals surface area contributed by atoms with Crippen LogP contribution in [0, 0.1) is 0 Å². The molecule has 1 fully saturated rings. The van der Waals surface area contributed by atoms with E-state index >= 15 is 0 Å². The number of hydrogen-bond acceptors (Lipinski definition) is 4. The summed E-state index contributed by atoms with van der Waals surface area (Å²) in [7, 11) is 1.38. The standard InChI is InChI=1S/C11H14N2O2/c1-15-11(14)8-3-4-9(12)10(7-8)13-5-2-6-13/h3-4,7H,2,5-6,12H2,1H3. The minimum Gasteiger partial charge on any atom is -0.465 e. The van der Waals surface area contributed by atoms with Crippen molar-refractivity contribution in [3.05, 3.63) is 23.8 Å². The number of esters is 1. The van der Waals surface area contributed by atoms with Crippen LogP contribution in [0.4, 0.5) is 11.4 Å². The first-order valence-electron chi connectivity index (χ1n) is 4.95. The van der Waals surface area contributed by atoms with Crippen molar-refractivity contribution in [2.45, 2.75) is 6.42 Å². The van der Waals surface area contributed by atoms with Crippen LogP contribution < -0.4 is 10.6 Å². The van der Waals surface area contributed by atoms with E-state index in [1.54, 1.807) is 18.2 Å². The van der Waals surface area contributed by atoms with E-state index in [0.29, 0.717) is 11.3 Å². The monoisotopic (exact) mass is 206 g/mol. The normalized spacial score (nSPS) is 14.6. The van der Waals surface area contributed by atoms with E-state index in [4.69, 9.17) is 5.73 Å². The molecule has 2 rings (SSSR count). The van der Waals surface area contributed by atoms with Crippen LogP contribution in [0.2, 0.25) is 0 Å². The van der Waals surface area contributed by atoms with Crippen molar-refractivity contribution in [2.24, 2.45) is 0 Å². The molecule has 1 heterocycles. The lowest BCUT2D eigenvalue weighted by atomic mass is 10.1. The Morgan fingerprint density at radius 2 is 2.20 bits per heavy atom. The Balaban J connectivity index is 2.31. The van der Waals surface area contributed by atoms with E-state index in [1.807, 2.05) is 0 Å². The fourth-order valence-electron chi connectivity index (χ4n) is 1.62. The molecule has 0 aliphatic carbocycles. The molecule has 80 valence electrons. The highest BCUT2D eigenvalue weighted by Crippen LogP contribution is 2.28. The molecule has 4 heteroatoms. The fourth-order valence-corrected chi connectivity index (χ4v) is 1.62. The van der Waals surface area contributed by atoms with Gasteiger partial charge in [0.05, 0.1) is 24.0 Å². The van der Waals surface area contributed by atoms with Crippen molar-refractivity contribution in [1.82, 2.24) is 0 Å². The summed E-state index contributed by atoms with van der Waals surface area (Å²) in [6, 6.07) is 5.23. The van der Waals surface area contributed by atoms with Crippen LogP contribution in [-0.4, -0.2) is 26.2 Å². The largest absolute Gasteiger partial charge is 0.465 e. The molecular formula is C11H14N2O2. The Morgan fingerprint density at radius 3 is 2.73 bits per heavy atom. The summed E-state index contributed by atoms with van der Waals surface area (Å²) in [5, 5.41) is 0. The number of nitrogen functional groups attached to an aromatic ring is 1. The highest BCUT2D eigenvalue weighted by Gasteiger charge is 2.18. The third-order valence-corrected chi connectivity index (χ3v) is 2.65. The SMILES string of the molecule is COC(=O)c1ccc(N)c(N2CCC2)c1. The first-order chi connectivity index (χ1) is 7.22. The van der Waals surface area contributed by atoms with Gasteiger partial charge in [0, 0.05) is 13.1 Å². The van der Waals surface area contributed by atoms with E-state index in [0.717, 1.165) is 18.8 Å². The van der Waals surface area contributed by atoms with Crippen molar-refractivity contribution in [2.75, 3.05) is 30.8 Å². The minimum absolute atomic E-state index is 0.322. The van der Waals surface area contributed by atoms with Gasteiger partial charge in [0.15, 0.2) is 0 Å². The zero-order chi connectivity index (χ0) is 10.8. The van der Waals surface area contributed by atoms with E-state index in [1.165, 1.54) is 13.5 Å². The van der Waals surface area contributed by atoms with E-state index < -0.39 is 0 Å². The van der Waals surface area contributed by atoms with E-state index in [2.05, 4.69) is 9.64 Å². The summed E-state index contributed by atoms with van der Waals surface area (Å²) in [6.45, 7) is 2.02. The van der Waals surface area contributed by atoms with Crippen molar-refractivity contribution in [3.63, 3.8) is 0 Å². The van der Waals surface area contributed by atoms with Crippen LogP contribution in [0.25, 0.3) is 0 Å². The van der Waals surface area contributed by atoms with Gasteiger partial charge in [-0.3, -0.25) is 0 Å². The fraction of sp³-hybridized carbons (Fsp3) is 0.364. The molecule has 1 aromatic carbocycles. The number of carbonyl (C=O) groups excluding carboxylic acids is 1. The summed E-state index contributed by atoms with van der Waals surface area (Å²) in [5.74, 6) is -0.322. The zero-order valence-corrected chi connectivity index (χ0v) is 8.69. The van der Waals surface area contributed by atoms with Gasteiger partial charge < -0.3 is 15.4 Å². The minimum atomic E-state index is -0.322. The summed E-state index contributed by atoms with van der Waals surface area (Å²) >= 11 is 0. The lowest BCUT2D eigenvalue weighted by Gasteiger charge is -2.34. The number of hydrogen-bond donors (Lipinski definition) is 1. The van der Waals surface area contributed by atoms with Gasteiger partial charge in [-0.2, -0.15) is 0 Å². The molecule has 0 aromatic heterocycles. The van der Waals surface area contributed by atoms with Crippen molar-refractivity contribution in [3.8, 4) is 0 Å². The van der Waals surface area contributed by atoms with Crippen LogP contribution in [0.3, 0.4) is 0 Å². The predicted molar refractivity (Wildman–Crippen MR) is 59.0 cm³/mol. The van der Waals surface area contributed by atoms with Crippen molar-refractivity contribution >= 4 is 17.3 Å². The van der Waals surface area contributed by atoms with Crippen LogP contribution in [0.15, 0.2) is 18.2 Å². The molecule has 2 N–H and O–H groups in total. The number of nitrogens with two attached hydrogens (primary N) is 1. The molecule has 0 bridgehead atoms. The number of ether oxygens (including phenoxy) is 1. The van der Waals surface area contributed by atoms with Gasteiger partial charge in [-0.25, -0.2) is 4.79 Å². The molecule has 1 saturated heterocycles. The van der Waals surface area contributed by atoms with Crippen molar-refractivity contribution in [1.29, 1.82) is 0 Å². The van der Waals surface area contributed by atoms with E-state index in [9.17, 15) is 4.79 Å². The Bertz CT molecular complexity index is 386. The Hall–Kier alpha value is -1.71. The number of anilines is 2. The molecule has 0 unspecified atom stereocenters. The molecule has 0 spiro atoms. The maximum atomic E-state index is 11.3. The summed E-state index contributed by atoms with van der Waals surface area (Å²) in [4.78, 5) is 13.5. The third kappa shape index (κ3) is 1.75. The van der Waals surface area contributed by atoms with Crippen LogP contribution in [0.1, 0.15) is 16.8 Å². The second-order valence-electron chi connectivity index (χ2n) is 3.61. The molecule has 1 aliphatic rings. The molecule has 1 aliphatic heterocycles. The van der Waals surface area contributed by atoms with Gasteiger partial charge >= 0.3 is 5.97 Å². The second-order valence-corrected chi connectivity index (χ2v) is 3.61. The van der Waals surface area contributed by atoms with Gasteiger partial charge in [-0.15, -0.1) is 0 Å². The first kappa shape index (κ1) is 9.83. The number of methoxy groups -OCH3 is 1. The van der Waals surface area contributed by atoms with Gasteiger partial charge in [0.25, 0.3) is 0 Å². The highest BCUT2D eigenvalue weighted by molar-refractivity contribution is 5.92. The van der Waals surface area contributed by atoms with Gasteiger partial charge in [-0.1, -0.05) is 0 Å². The summed E-state index contributed by atoms with van der Waals surface area (Å²) in [5.41, 5.74) is 8.04. The first-order valence-corrected chi connectivity index (χ1v) is 4.95. The third-order valence-electron chi connectivity index (χ3n) is 2.65. The molecule has 4 nitrogen and oxygen atoms in total. The average molecular weight is 206 g/mol. The summed E-state index contributed by atoms with van der Waals surface area (Å²) in [6.07, 6.45) is 1.18. The molecule has 15 heavy (non-hydrogen) atoms. The Labute approximate surface area is 88.6 Å². The summed E-state index contributed by atoms with van der Waals surface area (Å²) < 4.78 is 4.66. The van der Waals surface area contributed by atoms with Gasteiger partial charge in [0.2, 0.25) is 0 Å². The van der Waals surface area contributed by atoms with Gasteiger partial charge in [-0.05, 0) is 24.6 Å². The highest BCUT2D eigenvalue weighted by atomic mass is 16.5. The maximum absolute atomic E-state index is 11.3. The molecule has 0 radical (unpaired) electrons. The van der Waals surface area contributed by atoms with E-state index in [-0.39, 0.29) is 5.97 Å². The number of nitrogens with zero attached hydrogens (tertiary/aromatic N) is 1. The molecule has 1 aromatic rings. The topological polar surface area (TPSA) is 55.6 Å². The average Bonchev–Trinajstić information content (AvgIpc) is 2.17.